The number of rotatable bonds is 16. The number of amides is 4. The number of halogens is 4. The van der Waals surface area contributed by atoms with Crippen molar-refractivity contribution >= 4 is 88.7 Å². The maximum atomic E-state index is 15.0. The Balaban J connectivity index is 0.000000167. The highest BCUT2D eigenvalue weighted by atomic mass is 32.2. The molecule has 0 radical (unpaired) electrons. The van der Waals surface area contributed by atoms with Crippen LogP contribution in [-0.4, -0.2) is 156 Å². The van der Waals surface area contributed by atoms with Crippen molar-refractivity contribution in [2.45, 2.75) is 241 Å². The molecular formula is C84H98F4N6O20S2. The van der Waals surface area contributed by atoms with Crippen LogP contribution in [0, 0.1) is 81.8 Å². The van der Waals surface area contributed by atoms with Crippen molar-refractivity contribution in [3.63, 3.8) is 0 Å². The third kappa shape index (κ3) is 16.5. The maximum Gasteiger partial charge on any atom is 0.586 e. The monoisotopic (exact) mass is 1650 g/mol. The zero-order valence-electron chi connectivity index (χ0n) is 65.1. The first-order valence-corrected chi connectivity index (χ1v) is 44.5. The Morgan fingerprint density at radius 1 is 0.491 bits per heavy atom. The lowest BCUT2D eigenvalue weighted by molar-refractivity contribution is -0.287. The summed E-state index contributed by atoms with van der Waals surface area (Å²) in [4.78, 5) is 126. The number of hydrogen-bond acceptors (Lipinski definition) is 22. The topological polar surface area (TPSA) is 335 Å². The van der Waals surface area contributed by atoms with Crippen molar-refractivity contribution in [3.8, 4) is 34.8 Å². The van der Waals surface area contributed by atoms with E-state index in [1.54, 1.807) is 0 Å². The first-order chi connectivity index (χ1) is 55.2. The number of sulfonamides is 2. The molecule has 18 rings (SSSR count). The summed E-state index contributed by atoms with van der Waals surface area (Å²) in [5.41, 5.74) is -2.62. The molecule has 4 amide bonds. The van der Waals surface area contributed by atoms with E-state index < -0.39 is 137 Å². The van der Waals surface area contributed by atoms with E-state index in [0.717, 1.165) is 38.5 Å². The lowest BCUT2D eigenvalue weighted by Crippen LogP contribution is -2.47. The number of ketones is 2. The summed E-state index contributed by atoms with van der Waals surface area (Å²) < 4.78 is 156. The van der Waals surface area contributed by atoms with Crippen molar-refractivity contribution in [3.05, 3.63) is 73.1 Å². The molecule has 2 unspecified atom stereocenters. The van der Waals surface area contributed by atoms with E-state index >= 15 is 0 Å². The average molecular weight is 1650 g/mol. The molecule has 32 heteroatoms. The van der Waals surface area contributed by atoms with Gasteiger partial charge < -0.3 is 47.7 Å². The fourth-order valence-corrected chi connectivity index (χ4v) is 22.9. The highest BCUT2D eigenvalue weighted by Gasteiger charge is 2.64. The number of allylic oxidation sites excluding steroid dienone is 4. The Labute approximate surface area is 669 Å². The minimum absolute atomic E-state index is 0.0106. The summed E-state index contributed by atoms with van der Waals surface area (Å²) in [6.45, 7) is 7.98. The fraction of sp³-hybridized carbons (Fsp3) is 0.643. The normalized spacial score (nSPS) is 35.9. The molecule has 26 nitrogen and oxygen atoms in total. The van der Waals surface area contributed by atoms with Gasteiger partial charge in [0.1, 0.15) is 24.4 Å². The lowest BCUT2D eigenvalue weighted by atomic mass is 9.82. The first-order valence-electron chi connectivity index (χ1n) is 41.4. The molecule has 0 spiro atoms. The summed E-state index contributed by atoms with van der Waals surface area (Å²) >= 11 is 0. The molecule has 10 fully saturated rings. The van der Waals surface area contributed by atoms with E-state index in [-0.39, 0.29) is 158 Å². The molecule has 2 aromatic carbocycles. The third-order valence-corrected chi connectivity index (χ3v) is 30.8. The molecule has 624 valence electrons. The van der Waals surface area contributed by atoms with Gasteiger partial charge in [-0.1, -0.05) is 52.0 Å². The van der Waals surface area contributed by atoms with Crippen LogP contribution in [0.1, 0.15) is 182 Å². The van der Waals surface area contributed by atoms with Gasteiger partial charge in [0, 0.05) is 59.6 Å². The van der Waals surface area contributed by atoms with Crippen LogP contribution in [0.25, 0.3) is 21.5 Å². The van der Waals surface area contributed by atoms with Crippen LogP contribution in [-0.2, 0) is 67.9 Å². The Morgan fingerprint density at radius 2 is 0.879 bits per heavy atom. The van der Waals surface area contributed by atoms with Gasteiger partial charge in [-0.15, -0.1) is 17.6 Å². The van der Waals surface area contributed by atoms with Gasteiger partial charge in [0.05, 0.1) is 71.2 Å². The Hall–Kier alpha value is -8.68. The SMILES string of the molecule is C[C@@H]1CC/C=C\[C@@H]2C[C@@]2(C(=O)NS(=O)(=O)C2CC2)CC(=O)[C@@H]2C[C@@H](Oc3nccc4c5c(ccc34)OC(F)(F)O5)CN2C(=O)[C@@H](CC(=O)OC2C[C@@H]3C[C@@H]3C2)[C@H](C)C1.C[C@H]1CC/C=C\[C@@H]2C[C@@]2(C(=O)NS(=O)(=O)C2CC2)CC(=O)[C@@H]2C[C@@H](Oc3nccc4c5c(ccc34)OC(F)(F)O5)CN2C(=O)[C@@H](CC(=O)OC2C[C@@H]3C[C@@H]3C2)[C@H](C)C1. The second kappa shape index (κ2) is 30.3. The molecule has 2 N–H and O–H groups in total. The zero-order valence-corrected chi connectivity index (χ0v) is 66.8. The number of carbonyl (C=O) groups is 8. The standard InChI is InChI=1S/2C42H49F2N3O10S/c2*1-22-5-3-4-6-26-19-41(26,40(51)46-58(52,53)29-7-8-29)20-34(48)33-17-28(55-38-31-9-10-35-37(30(31)11-12-45-38)57-42(43,44)56-35)21-47(33)39(50)32(23(2)13-22)18-36(49)54-27-15-24-14-25(24)16-27/h2*4,6,9-12,22-29,32-33H,3,5,7-8,13-21H2,1-2H3,(H,46,51)/b2*6-4-/t22-,23+,24-,25+,26+,27?,28+,32-,33-,41+;22-,23-,24-,25+,26-,27?,28-,32+,33+,41-/m01/s1. The van der Waals surface area contributed by atoms with Crippen molar-refractivity contribution < 1.29 is 111 Å². The smallest absolute Gasteiger partial charge is 0.472 e. The largest absolute Gasteiger partial charge is 0.586 e. The average Bonchev–Trinajstić information content (AvgIpc) is 1.57. The number of alkyl halides is 4. The van der Waals surface area contributed by atoms with Gasteiger partial charge in [-0.05, 0) is 211 Å². The van der Waals surface area contributed by atoms with Crippen molar-refractivity contribution in [2.24, 2.45) is 81.8 Å². The molecule has 2 saturated heterocycles. The maximum absolute atomic E-state index is 15.0. The predicted octanol–water partition coefficient (Wildman–Crippen LogP) is 11.7. The number of benzene rings is 2. The number of esters is 2. The van der Waals surface area contributed by atoms with Gasteiger partial charge >= 0.3 is 24.5 Å². The van der Waals surface area contributed by atoms with Crippen LogP contribution >= 0.6 is 0 Å². The number of pyridine rings is 2. The number of Topliss-reactive ketones (excluding diaryl/α,β-unsaturated/α-hetero) is 2. The van der Waals surface area contributed by atoms with Crippen LogP contribution in [0.5, 0.6) is 34.8 Å². The number of nitrogens with one attached hydrogen (secondary N) is 2. The molecule has 20 atom stereocenters. The number of ether oxygens (including phenoxy) is 8. The van der Waals surface area contributed by atoms with Crippen LogP contribution in [0.2, 0.25) is 0 Å². The van der Waals surface area contributed by atoms with Gasteiger partial charge in [0.15, 0.2) is 34.6 Å². The third-order valence-electron chi connectivity index (χ3n) is 27.2. The van der Waals surface area contributed by atoms with Crippen molar-refractivity contribution in [1.29, 1.82) is 0 Å². The number of hydrogen-bond donors (Lipinski definition) is 2. The number of fused-ring (bicyclic) bond motifs is 12. The van der Waals surface area contributed by atoms with E-state index in [0.29, 0.717) is 85.8 Å². The fourth-order valence-electron chi connectivity index (χ4n) is 20.1. The molecule has 8 heterocycles. The first kappa shape index (κ1) is 79.8. The van der Waals surface area contributed by atoms with Gasteiger partial charge in [-0.3, -0.25) is 47.8 Å². The minimum Gasteiger partial charge on any atom is -0.472 e. The Morgan fingerprint density at radius 3 is 1.26 bits per heavy atom. The number of nitrogens with zero attached hydrogens (tertiary/aromatic N) is 4. The van der Waals surface area contributed by atoms with Gasteiger partial charge in [0.2, 0.25) is 55.4 Å². The summed E-state index contributed by atoms with van der Waals surface area (Å²) in [5.74, 6) is -4.59. The summed E-state index contributed by atoms with van der Waals surface area (Å²) in [5, 5.41) is -0.0455. The van der Waals surface area contributed by atoms with Crippen LogP contribution in [0.4, 0.5) is 17.6 Å². The molecular weight excluding hydrogens is 1550 g/mol. The van der Waals surface area contributed by atoms with E-state index in [2.05, 4.69) is 42.7 Å². The molecule has 14 aliphatic rings. The van der Waals surface area contributed by atoms with E-state index in [9.17, 15) is 72.8 Å². The van der Waals surface area contributed by atoms with Crippen molar-refractivity contribution in [1.82, 2.24) is 29.2 Å². The zero-order chi connectivity index (χ0) is 81.4. The summed E-state index contributed by atoms with van der Waals surface area (Å²) in [6.07, 6.45) is 12.4. The van der Waals surface area contributed by atoms with Crippen LogP contribution in [0.15, 0.2) is 73.1 Å². The van der Waals surface area contributed by atoms with Gasteiger partial charge in [-0.25, -0.2) is 26.8 Å². The molecule has 4 aromatic rings. The molecule has 8 aliphatic carbocycles. The second-order valence-electron chi connectivity index (χ2n) is 36.0. The van der Waals surface area contributed by atoms with Crippen LogP contribution in [0.3, 0.4) is 0 Å². The number of aromatic nitrogens is 2. The highest BCUT2D eigenvalue weighted by molar-refractivity contribution is 7.91. The molecule has 8 saturated carbocycles. The van der Waals surface area contributed by atoms with E-state index in [1.807, 2.05) is 38.2 Å². The van der Waals surface area contributed by atoms with Gasteiger partial charge in [0.25, 0.3) is 0 Å². The molecule has 116 heavy (non-hydrogen) atoms. The van der Waals surface area contributed by atoms with Crippen molar-refractivity contribution in [2.75, 3.05) is 13.1 Å². The highest BCUT2D eigenvalue weighted by Crippen LogP contribution is 2.60. The molecule has 6 aliphatic heterocycles. The van der Waals surface area contributed by atoms with E-state index in [1.165, 1.54) is 71.4 Å². The van der Waals surface area contributed by atoms with Gasteiger partial charge in [-0.2, -0.15) is 0 Å². The predicted molar refractivity (Wildman–Crippen MR) is 406 cm³/mol. The second-order valence-corrected chi connectivity index (χ2v) is 39.9. The summed E-state index contributed by atoms with van der Waals surface area (Å²) in [7, 11) is -7.80. The Kier molecular flexibility index (Phi) is 20.8. The molecule has 0 bridgehead atoms. The quantitative estimate of drug-likeness (QED) is 0.0598. The van der Waals surface area contributed by atoms with Crippen LogP contribution < -0.4 is 37.9 Å². The Bertz CT molecular complexity index is 4640. The van der Waals surface area contributed by atoms with E-state index in [4.69, 9.17) is 28.4 Å². The molecule has 2 aromatic heterocycles. The summed E-state index contributed by atoms with van der Waals surface area (Å²) in [6, 6.07) is 6.53. The minimum atomic E-state index is -3.90. The lowest BCUT2D eigenvalue weighted by Gasteiger charge is -2.32. The number of carbonyl (C=O) groups excluding carboxylic acids is 8.